The van der Waals surface area contributed by atoms with Gasteiger partial charge in [0.15, 0.2) is 0 Å². The van der Waals surface area contributed by atoms with Crippen molar-refractivity contribution < 1.29 is 33.5 Å². The van der Waals surface area contributed by atoms with Crippen LogP contribution in [0.3, 0.4) is 0 Å². The summed E-state index contributed by atoms with van der Waals surface area (Å²) in [6, 6.07) is 1.67. The lowest BCUT2D eigenvalue weighted by Gasteiger charge is -2.30. The molecule has 14 heteroatoms. The SMILES string of the molecule is COC(=O)C[C@H]1NC(=O)[C@@H](CC2C(Cl)=Nc3ccccc32)NC(=O)[C@H](CC(C)C)NC(=O)[C@@H](C(C)C)NC(=O)[C@@H]2CCCN2C1=O. The summed E-state index contributed by atoms with van der Waals surface area (Å²) in [5.74, 6) is -4.76. The second-order valence-electron chi connectivity index (χ2n) is 12.8. The number of nitrogens with one attached hydrogen (secondary N) is 4. The lowest BCUT2D eigenvalue weighted by molar-refractivity contribution is -0.147. The van der Waals surface area contributed by atoms with Crippen molar-refractivity contribution in [2.45, 2.75) is 95.9 Å². The molecule has 3 aliphatic heterocycles. The van der Waals surface area contributed by atoms with Crippen LogP contribution in [0.15, 0.2) is 29.3 Å². The molecule has 5 amide bonds. The predicted molar refractivity (Wildman–Crippen MR) is 170 cm³/mol. The molecule has 1 unspecified atom stereocenters. The van der Waals surface area contributed by atoms with E-state index in [0.29, 0.717) is 18.5 Å². The van der Waals surface area contributed by atoms with Gasteiger partial charge < -0.3 is 30.9 Å². The molecule has 1 aromatic rings. The second kappa shape index (κ2) is 15.1. The molecular formula is C32H43ClN6O7. The molecule has 0 saturated carbocycles. The van der Waals surface area contributed by atoms with Crippen molar-refractivity contribution in [3.63, 3.8) is 0 Å². The van der Waals surface area contributed by atoms with Crippen LogP contribution < -0.4 is 21.3 Å². The molecule has 4 rings (SSSR count). The van der Waals surface area contributed by atoms with E-state index in [2.05, 4.69) is 26.3 Å². The number of hydrogen-bond donors (Lipinski definition) is 4. The summed E-state index contributed by atoms with van der Waals surface area (Å²) in [7, 11) is 1.17. The molecule has 13 nitrogen and oxygen atoms in total. The van der Waals surface area contributed by atoms with Crippen molar-refractivity contribution in [1.82, 2.24) is 26.2 Å². The van der Waals surface area contributed by atoms with E-state index >= 15 is 0 Å². The van der Waals surface area contributed by atoms with Gasteiger partial charge in [-0.3, -0.25) is 28.8 Å². The Kier molecular flexibility index (Phi) is 11.4. The Hall–Kier alpha value is -4.00. The highest BCUT2D eigenvalue weighted by molar-refractivity contribution is 6.67. The van der Waals surface area contributed by atoms with Crippen LogP contribution in [-0.2, 0) is 33.5 Å². The molecule has 3 heterocycles. The van der Waals surface area contributed by atoms with Gasteiger partial charge in [0.05, 0.1) is 19.2 Å². The van der Waals surface area contributed by atoms with Crippen LogP contribution in [0.25, 0.3) is 0 Å². The maximum absolute atomic E-state index is 14.0. The fourth-order valence-electron chi connectivity index (χ4n) is 6.14. The minimum absolute atomic E-state index is 0.0145. The number of methoxy groups -OCH3 is 1. The smallest absolute Gasteiger partial charge is 0.308 e. The molecule has 0 aromatic heterocycles. The van der Waals surface area contributed by atoms with Gasteiger partial charge in [0, 0.05) is 12.5 Å². The van der Waals surface area contributed by atoms with E-state index in [9.17, 15) is 28.8 Å². The summed E-state index contributed by atoms with van der Waals surface area (Å²) >= 11 is 6.55. The van der Waals surface area contributed by atoms with Crippen LogP contribution in [0.4, 0.5) is 5.69 Å². The van der Waals surface area contributed by atoms with Gasteiger partial charge in [-0.05, 0) is 49.1 Å². The summed E-state index contributed by atoms with van der Waals surface area (Å²) in [5, 5.41) is 11.2. The first-order valence-electron chi connectivity index (χ1n) is 15.7. The number of halogens is 1. The molecule has 0 bridgehead atoms. The van der Waals surface area contributed by atoms with Gasteiger partial charge in [-0.1, -0.05) is 57.5 Å². The zero-order valence-corrected chi connectivity index (χ0v) is 27.6. The van der Waals surface area contributed by atoms with Gasteiger partial charge in [-0.15, -0.1) is 0 Å². The molecule has 0 radical (unpaired) electrons. The van der Waals surface area contributed by atoms with E-state index in [-0.39, 0.29) is 36.4 Å². The third kappa shape index (κ3) is 8.04. The Bertz CT molecular complexity index is 1400. The molecule has 0 aliphatic carbocycles. The lowest BCUT2D eigenvalue weighted by Crippen LogP contribution is -2.58. The van der Waals surface area contributed by atoms with Crippen LogP contribution in [0, 0.1) is 11.8 Å². The summed E-state index contributed by atoms with van der Waals surface area (Å²) < 4.78 is 4.81. The maximum Gasteiger partial charge on any atom is 0.308 e. The number of rotatable bonds is 7. The molecule has 0 spiro atoms. The van der Waals surface area contributed by atoms with E-state index in [1.165, 1.54) is 12.0 Å². The third-order valence-electron chi connectivity index (χ3n) is 8.57. The molecule has 250 valence electrons. The number of esters is 1. The predicted octanol–water partition coefficient (Wildman–Crippen LogP) is 1.65. The zero-order valence-electron chi connectivity index (χ0n) is 26.8. The van der Waals surface area contributed by atoms with Crippen molar-refractivity contribution in [3.8, 4) is 0 Å². The highest BCUT2D eigenvalue weighted by atomic mass is 35.5. The van der Waals surface area contributed by atoms with Gasteiger partial charge in [0.2, 0.25) is 29.5 Å². The first-order chi connectivity index (χ1) is 21.8. The topological polar surface area (TPSA) is 175 Å². The van der Waals surface area contributed by atoms with Gasteiger partial charge in [-0.2, -0.15) is 0 Å². The largest absolute Gasteiger partial charge is 0.469 e. The number of ether oxygens (including phenoxy) is 1. The number of nitrogens with zero attached hydrogens (tertiary/aromatic N) is 2. The first kappa shape index (κ1) is 34.9. The van der Waals surface area contributed by atoms with E-state index in [1.807, 2.05) is 32.0 Å². The molecule has 46 heavy (non-hydrogen) atoms. The van der Waals surface area contributed by atoms with Gasteiger partial charge >= 0.3 is 5.97 Å². The number of fused-ring (bicyclic) bond motifs is 2. The average molecular weight is 659 g/mol. The molecule has 1 aromatic carbocycles. The monoisotopic (exact) mass is 658 g/mol. The highest BCUT2D eigenvalue weighted by Crippen LogP contribution is 2.39. The molecule has 2 saturated heterocycles. The third-order valence-corrected chi connectivity index (χ3v) is 8.92. The number of amides is 5. The van der Waals surface area contributed by atoms with Crippen molar-refractivity contribution in [3.05, 3.63) is 29.8 Å². The number of para-hydroxylation sites is 1. The van der Waals surface area contributed by atoms with Gasteiger partial charge in [0.25, 0.3) is 0 Å². The average Bonchev–Trinajstić information content (AvgIpc) is 3.61. The van der Waals surface area contributed by atoms with Crippen LogP contribution in [0.2, 0.25) is 0 Å². The quantitative estimate of drug-likeness (QED) is 0.322. The molecule has 4 N–H and O–H groups in total. The van der Waals surface area contributed by atoms with Crippen LogP contribution in [0.5, 0.6) is 0 Å². The summed E-state index contributed by atoms with van der Waals surface area (Å²) in [4.78, 5) is 87.1. The molecule has 3 aliphatic rings. The van der Waals surface area contributed by atoms with Crippen molar-refractivity contribution in [1.29, 1.82) is 0 Å². The highest BCUT2D eigenvalue weighted by Gasteiger charge is 2.42. The summed E-state index contributed by atoms with van der Waals surface area (Å²) in [5.41, 5.74) is 1.41. The van der Waals surface area contributed by atoms with Crippen LogP contribution in [0.1, 0.15) is 71.3 Å². The van der Waals surface area contributed by atoms with Crippen molar-refractivity contribution >= 4 is 58.0 Å². The summed E-state index contributed by atoms with van der Waals surface area (Å²) in [6.07, 6.45) is 0.583. The Balaban J connectivity index is 1.76. The molecule has 2 fully saturated rings. The zero-order chi connectivity index (χ0) is 33.7. The Labute approximate surface area is 273 Å². The Morgan fingerprint density at radius 1 is 0.935 bits per heavy atom. The minimum atomic E-state index is -1.38. The fourth-order valence-corrected chi connectivity index (χ4v) is 6.44. The van der Waals surface area contributed by atoms with Crippen LogP contribution >= 0.6 is 11.6 Å². The van der Waals surface area contributed by atoms with Crippen molar-refractivity contribution in [2.24, 2.45) is 16.8 Å². The van der Waals surface area contributed by atoms with E-state index in [1.54, 1.807) is 19.9 Å². The number of benzene rings is 1. The number of hydrogen-bond acceptors (Lipinski definition) is 8. The number of carbonyl (C=O) groups excluding carboxylic acids is 6. The van der Waals surface area contributed by atoms with E-state index in [0.717, 1.165) is 5.56 Å². The second-order valence-corrected chi connectivity index (χ2v) is 13.2. The van der Waals surface area contributed by atoms with Gasteiger partial charge in [0.1, 0.15) is 35.4 Å². The normalized spacial score (nSPS) is 27.5. The number of carbonyl (C=O) groups is 6. The molecule has 6 atom stereocenters. The van der Waals surface area contributed by atoms with Crippen LogP contribution in [-0.4, -0.2) is 89.4 Å². The first-order valence-corrected chi connectivity index (χ1v) is 16.1. The van der Waals surface area contributed by atoms with Gasteiger partial charge in [-0.25, -0.2) is 4.99 Å². The lowest BCUT2D eigenvalue weighted by atomic mass is 9.92. The Morgan fingerprint density at radius 2 is 1.59 bits per heavy atom. The fraction of sp³-hybridized carbons (Fsp3) is 0.594. The van der Waals surface area contributed by atoms with Crippen molar-refractivity contribution in [2.75, 3.05) is 13.7 Å². The minimum Gasteiger partial charge on any atom is -0.469 e. The molecular weight excluding hydrogens is 616 g/mol. The maximum atomic E-state index is 14.0. The standard InChI is InChI=1S/C32H43ClN6O7/c1-16(2)13-21-28(41)35-22(14-19-18-9-6-7-10-20(18)34-27(19)33)29(42)37-23(15-25(40)46-5)32(45)39-12-8-11-24(39)30(43)38-26(17(3)4)31(44)36-21/h6-7,9-10,16-17,19,21-24,26H,8,11-15H2,1-5H3,(H,35,41)(H,36,44)(H,37,42)(H,38,43)/t19?,21-,22+,23+,24-,26+/m0/s1. The van der Waals surface area contributed by atoms with E-state index in [4.69, 9.17) is 16.3 Å². The summed E-state index contributed by atoms with van der Waals surface area (Å²) in [6.45, 7) is 7.53. The Morgan fingerprint density at radius 3 is 2.26 bits per heavy atom. The van der Waals surface area contributed by atoms with E-state index < -0.39 is 78.1 Å². The number of aliphatic imine (C=N–C) groups is 1.